The second-order valence-corrected chi connectivity index (χ2v) is 5.62. The number of hydrogen-bond donors (Lipinski definition) is 1. The Bertz CT molecular complexity index is 758. The number of alkyl halides is 4. The zero-order chi connectivity index (χ0) is 17.5. The number of amidine groups is 1. The molecule has 2 aliphatic rings. The van der Waals surface area contributed by atoms with E-state index < -0.39 is 29.5 Å². The van der Waals surface area contributed by atoms with E-state index in [1.807, 2.05) is 6.08 Å². The van der Waals surface area contributed by atoms with Gasteiger partial charge < -0.3 is 10.1 Å². The Morgan fingerprint density at radius 3 is 2.75 bits per heavy atom. The highest BCUT2D eigenvalue weighted by molar-refractivity contribution is 6.32. The quantitative estimate of drug-likeness (QED) is 0.495. The molecule has 9 heteroatoms. The Morgan fingerprint density at radius 2 is 2.12 bits per heavy atom. The van der Waals surface area contributed by atoms with Crippen molar-refractivity contribution in [3.8, 4) is 5.75 Å². The highest BCUT2D eigenvalue weighted by Crippen LogP contribution is 2.37. The predicted molar refractivity (Wildman–Crippen MR) is 82.1 cm³/mol. The van der Waals surface area contributed by atoms with E-state index >= 15 is 0 Å². The Hall–Kier alpha value is -2.09. The SMILES string of the molecule is CN=C1NC(Cl)N=C2C1=CCC2c1ccc(OC(F)(F)F)cc1F. The second kappa shape index (κ2) is 6.08. The van der Waals surface area contributed by atoms with Crippen molar-refractivity contribution in [3.05, 3.63) is 41.2 Å². The van der Waals surface area contributed by atoms with Gasteiger partial charge in [-0.05, 0) is 18.1 Å². The lowest BCUT2D eigenvalue weighted by molar-refractivity contribution is -0.274. The van der Waals surface area contributed by atoms with Gasteiger partial charge in [0.05, 0.1) is 5.71 Å². The van der Waals surface area contributed by atoms with Crippen LogP contribution in [0.1, 0.15) is 17.9 Å². The third-order valence-corrected chi connectivity index (χ3v) is 3.94. The van der Waals surface area contributed by atoms with E-state index in [4.69, 9.17) is 11.6 Å². The first-order valence-electron chi connectivity index (χ1n) is 6.99. The van der Waals surface area contributed by atoms with Gasteiger partial charge in [-0.25, -0.2) is 9.38 Å². The Morgan fingerprint density at radius 1 is 1.38 bits per heavy atom. The number of nitrogens with zero attached hydrogens (tertiary/aromatic N) is 2. The first kappa shape index (κ1) is 16.8. The van der Waals surface area contributed by atoms with E-state index in [9.17, 15) is 17.6 Å². The second-order valence-electron chi connectivity index (χ2n) is 5.20. The molecule has 0 saturated heterocycles. The van der Waals surface area contributed by atoms with E-state index in [0.29, 0.717) is 18.0 Å². The lowest BCUT2D eigenvalue weighted by atomic mass is 9.92. The fraction of sp³-hybridized carbons (Fsp3) is 0.333. The maximum Gasteiger partial charge on any atom is 0.573 e. The molecule has 0 spiro atoms. The number of ether oxygens (including phenoxy) is 1. The minimum atomic E-state index is -4.87. The average Bonchev–Trinajstić information content (AvgIpc) is 2.88. The summed E-state index contributed by atoms with van der Waals surface area (Å²) in [5, 5.41) is 2.88. The summed E-state index contributed by atoms with van der Waals surface area (Å²) < 4.78 is 54.7. The molecule has 1 aliphatic heterocycles. The van der Waals surface area contributed by atoms with Crippen LogP contribution in [0.2, 0.25) is 0 Å². The van der Waals surface area contributed by atoms with Crippen molar-refractivity contribution in [2.24, 2.45) is 9.98 Å². The molecule has 2 unspecified atom stereocenters. The van der Waals surface area contributed by atoms with Crippen LogP contribution >= 0.6 is 11.6 Å². The highest BCUT2D eigenvalue weighted by Gasteiger charge is 2.35. The van der Waals surface area contributed by atoms with Gasteiger partial charge in [-0.3, -0.25) is 4.99 Å². The lowest BCUT2D eigenvalue weighted by Gasteiger charge is -2.24. The van der Waals surface area contributed by atoms with Crippen molar-refractivity contribution < 1.29 is 22.3 Å². The van der Waals surface area contributed by atoms with Crippen molar-refractivity contribution in [2.45, 2.75) is 24.3 Å². The minimum absolute atomic E-state index is 0.232. The van der Waals surface area contributed by atoms with Gasteiger partial charge in [-0.15, -0.1) is 13.2 Å². The number of rotatable bonds is 2. The summed E-state index contributed by atoms with van der Waals surface area (Å²) in [6, 6.07) is 3.07. The van der Waals surface area contributed by atoms with Crippen LogP contribution in [-0.4, -0.2) is 30.6 Å². The number of allylic oxidation sites excluding steroid dienone is 1. The Labute approximate surface area is 139 Å². The van der Waals surface area contributed by atoms with Crippen LogP contribution < -0.4 is 10.1 Å². The molecule has 4 nitrogen and oxygen atoms in total. The molecule has 0 fully saturated rings. The maximum atomic E-state index is 14.3. The summed E-state index contributed by atoms with van der Waals surface area (Å²) >= 11 is 6.00. The summed E-state index contributed by atoms with van der Waals surface area (Å²) in [6.07, 6.45) is -2.57. The number of fused-ring (bicyclic) bond motifs is 1. The number of hydrogen-bond acceptors (Lipinski definition) is 3. The fourth-order valence-electron chi connectivity index (χ4n) is 2.81. The average molecular weight is 362 g/mol. The van der Waals surface area contributed by atoms with Gasteiger partial charge in [-0.2, -0.15) is 0 Å². The lowest BCUT2D eigenvalue weighted by Crippen LogP contribution is -2.39. The molecule has 1 aromatic carbocycles. The van der Waals surface area contributed by atoms with Gasteiger partial charge in [-0.1, -0.05) is 23.7 Å². The van der Waals surface area contributed by atoms with E-state index in [1.165, 1.54) is 6.07 Å². The van der Waals surface area contributed by atoms with Gasteiger partial charge in [0, 0.05) is 24.6 Å². The van der Waals surface area contributed by atoms with Crippen molar-refractivity contribution in [1.82, 2.24) is 5.32 Å². The molecule has 0 saturated carbocycles. The van der Waals surface area contributed by atoms with Crippen LogP contribution in [0.5, 0.6) is 5.75 Å². The van der Waals surface area contributed by atoms with Crippen LogP contribution in [-0.2, 0) is 0 Å². The van der Waals surface area contributed by atoms with Crippen molar-refractivity contribution in [3.63, 3.8) is 0 Å². The summed E-state index contributed by atoms with van der Waals surface area (Å²) in [4.78, 5) is 8.35. The van der Waals surface area contributed by atoms with Crippen molar-refractivity contribution >= 4 is 23.1 Å². The molecule has 0 bridgehead atoms. The van der Waals surface area contributed by atoms with Crippen LogP contribution in [0.3, 0.4) is 0 Å². The first-order chi connectivity index (χ1) is 11.3. The van der Waals surface area contributed by atoms with Crippen LogP contribution in [0, 0.1) is 5.82 Å². The Balaban J connectivity index is 1.91. The fourth-order valence-corrected chi connectivity index (χ4v) is 3.02. The van der Waals surface area contributed by atoms with Gasteiger partial charge in [0.15, 0.2) is 5.62 Å². The molecule has 1 N–H and O–H groups in total. The zero-order valence-corrected chi connectivity index (χ0v) is 13.1. The normalized spacial score (nSPS) is 25.0. The monoisotopic (exact) mass is 361 g/mol. The van der Waals surface area contributed by atoms with Crippen LogP contribution in [0.25, 0.3) is 0 Å². The molecule has 0 radical (unpaired) electrons. The van der Waals surface area contributed by atoms with E-state index in [0.717, 1.165) is 17.7 Å². The molecular weight excluding hydrogens is 350 g/mol. The number of nitrogens with one attached hydrogen (secondary N) is 1. The predicted octanol–water partition coefficient (Wildman–Crippen LogP) is 3.73. The van der Waals surface area contributed by atoms with Gasteiger partial charge >= 0.3 is 6.36 Å². The minimum Gasteiger partial charge on any atom is -0.406 e. The molecule has 2 atom stereocenters. The molecule has 24 heavy (non-hydrogen) atoms. The molecule has 1 heterocycles. The molecule has 128 valence electrons. The molecule has 3 rings (SSSR count). The highest BCUT2D eigenvalue weighted by atomic mass is 35.5. The molecule has 0 aromatic heterocycles. The largest absolute Gasteiger partial charge is 0.573 e. The van der Waals surface area contributed by atoms with Crippen LogP contribution in [0.15, 0.2) is 39.8 Å². The third-order valence-electron chi connectivity index (χ3n) is 3.73. The summed E-state index contributed by atoms with van der Waals surface area (Å²) in [5.41, 5.74) is 0.801. The van der Waals surface area contributed by atoms with Gasteiger partial charge in [0.2, 0.25) is 0 Å². The Kier molecular flexibility index (Phi) is 4.25. The number of halogens is 5. The van der Waals surface area contributed by atoms with Gasteiger partial charge in [0.1, 0.15) is 17.4 Å². The van der Waals surface area contributed by atoms with E-state index in [1.54, 1.807) is 7.05 Å². The third kappa shape index (κ3) is 3.24. The van der Waals surface area contributed by atoms with E-state index in [-0.39, 0.29) is 5.56 Å². The standard InChI is InChI=1S/C15H12ClF4N3O/c1-21-13-10-5-4-9(12(10)22-14(16)23-13)8-3-2-7(6-11(8)17)24-15(18,19)20/h2-3,5-6,9,14H,4H2,1H3,(H,21,23). The smallest absolute Gasteiger partial charge is 0.406 e. The summed E-state index contributed by atoms with van der Waals surface area (Å²) in [6.45, 7) is 0. The topological polar surface area (TPSA) is 46.0 Å². The molecule has 1 aliphatic carbocycles. The molecular formula is C15H12ClF4N3O. The van der Waals surface area contributed by atoms with Crippen molar-refractivity contribution in [2.75, 3.05) is 7.05 Å². The summed E-state index contributed by atoms with van der Waals surface area (Å²) in [7, 11) is 1.59. The molecule has 1 aromatic rings. The number of aliphatic imine (C=N–C) groups is 2. The molecule has 0 amide bonds. The summed E-state index contributed by atoms with van der Waals surface area (Å²) in [5.74, 6) is -1.27. The van der Waals surface area contributed by atoms with Gasteiger partial charge in [0.25, 0.3) is 0 Å². The van der Waals surface area contributed by atoms with E-state index in [2.05, 4.69) is 20.0 Å². The van der Waals surface area contributed by atoms with Crippen molar-refractivity contribution in [1.29, 1.82) is 0 Å². The maximum absolute atomic E-state index is 14.3. The zero-order valence-electron chi connectivity index (χ0n) is 12.4. The first-order valence-corrected chi connectivity index (χ1v) is 7.43. The number of benzene rings is 1. The van der Waals surface area contributed by atoms with Crippen LogP contribution in [0.4, 0.5) is 17.6 Å².